The summed E-state index contributed by atoms with van der Waals surface area (Å²) in [6, 6.07) is 8.05. The quantitative estimate of drug-likeness (QED) is 0.875. The number of carbonyl (C=O) groups is 1. The van der Waals surface area contributed by atoms with Crippen LogP contribution in [0.5, 0.6) is 5.75 Å². The Kier molecular flexibility index (Phi) is 4.88. The van der Waals surface area contributed by atoms with Gasteiger partial charge in [-0.3, -0.25) is 9.69 Å². The smallest absolute Gasteiger partial charge is 0.311 e. The molecule has 1 N–H and O–H groups in total. The lowest BCUT2D eigenvalue weighted by atomic mass is 9.76. The highest BCUT2D eigenvalue weighted by molar-refractivity contribution is 5.75. The molecule has 1 unspecified atom stereocenters. The van der Waals surface area contributed by atoms with Crippen molar-refractivity contribution in [3.8, 4) is 5.75 Å². The first-order valence-corrected chi connectivity index (χ1v) is 7.65. The molecule has 1 atom stereocenters. The first kappa shape index (κ1) is 15.8. The second-order valence-corrected chi connectivity index (χ2v) is 6.16. The van der Waals surface area contributed by atoms with Gasteiger partial charge in [-0.05, 0) is 43.5 Å². The summed E-state index contributed by atoms with van der Waals surface area (Å²) >= 11 is 0. The van der Waals surface area contributed by atoms with E-state index in [1.165, 1.54) is 5.56 Å². The molecule has 1 heterocycles. The summed E-state index contributed by atoms with van der Waals surface area (Å²) in [6.45, 7) is 8.88. The van der Waals surface area contributed by atoms with Gasteiger partial charge >= 0.3 is 5.97 Å². The number of rotatable bonds is 6. The molecule has 0 aliphatic carbocycles. The normalized spacial score (nSPS) is 22.7. The molecular weight excluding hydrogens is 266 g/mol. The van der Waals surface area contributed by atoms with Gasteiger partial charge in [0, 0.05) is 13.1 Å². The lowest BCUT2D eigenvalue weighted by molar-refractivity contribution is -0.151. The van der Waals surface area contributed by atoms with Crippen molar-refractivity contribution in [3.05, 3.63) is 29.8 Å². The topological polar surface area (TPSA) is 49.8 Å². The largest absolute Gasteiger partial charge is 0.494 e. The highest BCUT2D eigenvalue weighted by Gasteiger charge is 2.46. The fourth-order valence-electron chi connectivity index (χ4n) is 3.10. The molecule has 1 aliphatic rings. The minimum atomic E-state index is -0.664. The van der Waals surface area contributed by atoms with E-state index in [1.54, 1.807) is 0 Å². The minimum absolute atomic E-state index is 0.148. The van der Waals surface area contributed by atoms with Crippen molar-refractivity contribution in [3.63, 3.8) is 0 Å². The number of carboxylic acid groups (broad SMARTS) is 1. The molecule has 0 aromatic heterocycles. The van der Waals surface area contributed by atoms with Crippen molar-refractivity contribution < 1.29 is 14.6 Å². The second kappa shape index (κ2) is 6.48. The van der Waals surface area contributed by atoms with Crippen LogP contribution >= 0.6 is 0 Å². The number of nitrogens with zero attached hydrogens (tertiary/aromatic N) is 1. The molecule has 1 saturated heterocycles. The average Bonchev–Trinajstić information content (AvgIpc) is 2.85. The van der Waals surface area contributed by atoms with Crippen molar-refractivity contribution >= 4 is 5.97 Å². The summed E-state index contributed by atoms with van der Waals surface area (Å²) in [5.74, 6) is 0.361. The van der Waals surface area contributed by atoms with E-state index in [1.807, 2.05) is 39.0 Å². The fourth-order valence-corrected chi connectivity index (χ4v) is 3.10. The van der Waals surface area contributed by atoms with Crippen molar-refractivity contribution in [1.29, 1.82) is 0 Å². The minimum Gasteiger partial charge on any atom is -0.494 e. The monoisotopic (exact) mass is 291 g/mol. The van der Waals surface area contributed by atoms with Gasteiger partial charge in [-0.15, -0.1) is 0 Å². The van der Waals surface area contributed by atoms with E-state index in [4.69, 9.17) is 4.74 Å². The molecule has 4 heteroatoms. The van der Waals surface area contributed by atoms with Gasteiger partial charge in [0.05, 0.1) is 12.0 Å². The first-order valence-electron chi connectivity index (χ1n) is 7.65. The van der Waals surface area contributed by atoms with E-state index in [0.717, 1.165) is 25.3 Å². The molecule has 1 aliphatic heterocycles. The molecule has 4 nitrogen and oxygen atoms in total. The zero-order chi connectivity index (χ0) is 15.5. The van der Waals surface area contributed by atoms with Crippen LogP contribution in [0.3, 0.4) is 0 Å². The number of aliphatic carboxylic acids is 1. The average molecular weight is 291 g/mol. The second-order valence-electron chi connectivity index (χ2n) is 6.16. The van der Waals surface area contributed by atoms with Crippen LogP contribution in [0.4, 0.5) is 0 Å². The van der Waals surface area contributed by atoms with Gasteiger partial charge in [-0.25, -0.2) is 0 Å². The Bertz CT molecular complexity index is 501. The molecule has 21 heavy (non-hydrogen) atoms. The predicted molar refractivity (Wildman–Crippen MR) is 82.4 cm³/mol. The maximum Gasteiger partial charge on any atom is 0.311 e. The number of benzene rings is 1. The van der Waals surface area contributed by atoms with Crippen LogP contribution in [0.2, 0.25) is 0 Å². The number of ether oxygens (including phenoxy) is 1. The summed E-state index contributed by atoms with van der Waals surface area (Å²) < 4.78 is 5.52. The van der Waals surface area contributed by atoms with E-state index in [0.29, 0.717) is 13.2 Å². The number of carboxylic acids is 1. The molecule has 1 aromatic rings. The van der Waals surface area contributed by atoms with Crippen molar-refractivity contribution in [2.45, 2.75) is 33.7 Å². The molecule has 0 radical (unpaired) electrons. The molecule has 116 valence electrons. The standard InChI is InChI=1S/C17H25NO3/c1-4-21-15-7-5-6-14(10-15)11-18-9-8-17(12-18,13(2)3)16(19)20/h5-7,10,13H,4,8-9,11-12H2,1-3H3,(H,19,20). The molecule has 1 aromatic carbocycles. The highest BCUT2D eigenvalue weighted by Crippen LogP contribution is 2.38. The van der Waals surface area contributed by atoms with E-state index in [2.05, 4.69) is 11.0 Å². The van der Waals surface area contributed by atoms with Crippen LogP contribution in [-0.4, -0.2) is 35.7 Å². The van der Waals surface area contributed by atoms with Crippen molar-refractivity contribution in [2.24, 2.45) is 11.3 Å². The van der Waals surface area contributed by atoms with Crippen LogP contribution in [0.15, 0.2) is 24.3 Å². The number of hydrogen-bond donors (Lipinski definition) is 1. The third-order valence-electron chi connectivity index (χ3n) is 4.53. The van der Waals surface area contributed by atoms with Crippen LogP contribution in [0.25, 0.3) is 0 Å². The molecule has 1 fully saturated rings. The van der Waals surface area contributed by atoms with E-state index in [-0.39, 0.29) is 5.92 Å². The van der Waals surface area contributed by atoms with E-state index >= 15 is 0 Å². The summed E-state index contributed by atoms with van der Waals surface area (Å²) in [5, 5.41) is 9.59. The van der Waals surface area contributed by atoms with Gasteiger partial charge in [0.15, 0.2) is 0 Å². The Balaban J connectivity index is 2.05. The third-order valence-corrected chi connectivity index (χ3v) is 4.53. The Morgan fingerprint density at radius 1 is 1.48 bits per heavy atom. The summed E-state index contributed by atoms with van der Waals surface area (Å²) in [4.78, 5) is 13.9. The Morgan fingerprint density at radius 3 is 2.81 bits per heavy atom. The predicted octanol–water partition coefficient (Wildman–Crippen LogP) is 3.02. The van der Waals surface area contributed by atoms with Gasteiger partial charge in [0.2, 0.25) is 0 Å². The maximum absolute atomic E-state index is 11.7. The Hall–Kier alpha value is -1.55. The van der Waals surface area contributed by atoms with E-state index in [9.17, 15) is 9.90 Å². The van der Waals surface area contributed by atoms with Crippen molar-refractivity contribution in [2.75, 3.05) is 19.7 Å². The first-order chi connectivity index (χ1) is 9.98. The maximum atomic E-state index is 11.7. The summed E-state index contributed by atoms with van der Waals surface area (Å²) in [7, 11) is 0. The van der Waals surface area contributed by atoms with Crippen LogP contribution in [-0.2, 0) is 11.3 Å². The van der Waals surface area contributed by atoms with Crippen LogP contribution in [0, 0.1) is 11.3 Å². The molecule has 0 saturated carbocycles. The van der Waals surface area contributed by atoms with Gasteiger partial charge in [-0.1, -0.05) is 26.0 Å². The Labute approximate surface area is 126 Å². The van der Waals surface area contributed by atoms with Gasteiger partial charge in [0.1, 0.15) is 5.75 Å². The van der Waals surface area contributed by atoms with Gasteiger partial charge < -0.3 is 9.84 Å². The molecule has 0 spiro atoms. The third kappa shape index (κ3) is 3.38. The Morgan fingerprint density at radius 2 is 2.24 bits per heavy atom. The highest BCUT2D eigenvalue weighted by atomic mass is 16.5. The zero-order valence-corrected chi connectivity index (χ0v) is 13.1. The fraction of sp³-hybridized carbons (Fsp3) is 0.588. The van der Waals surface area contributed by atoms with Crippen LogP contribution in [0.1, 0.15) is 32.8 Å². The summed E-state index contributed by atoms with van der Waals surface area (Å²) in [5.41, 5.74) is 0.572. The number of likely N-dealkylation sites (tertiary alicyclic amines) is 1. The zero-order valence-electron chi connectivity index (χ0n) is 13.1. The lowest BCUT2D eigenvalue weighted by Gasteiger charge is -2.28. The molecule has 0 amide bonds. The molecule has 0 bridgehead atoms. The SMILES string of the molecule is CCOc1cccc(CN2CCC(C(=O)O)(C(C)C)C2)c1. The summed E-state index contributed by atoms with van der Waals surface area (Å²) in [6.07, 6.45) is 0.727. The van der Waals surface area contributed by atoms with Crippen molar-refractivity contribution in [1.82, 2.24) is 4.90 Å². The van der Waals surface area contributed by atoms with Crippen LogP contribution < -0.4 is 4.74 Å². The van der Waals surface area contributed by atoms with Gasteiger partial charge in [-0.2, -0.15) is 0 Å². The number of hydrogen-bond acceptors (Lipinski definition) is 3. The molecule has 2 rings (SSSR count). The van der Waals surface area contributed by atoms with E-state index < -0.39 is 11.4 Å². The van der Waals surface area contributed by atoms with Gasteiger partial charge in [0.25, 0.3) is 0 Å². The lowest BCUT2D eigenvalue weighted by Crippen LogP contribution is -2.39. The molecular formula is C17H25NO3.